The summed E-state index contributed by atoms with van der Waals surface area (Å²) in [6, 6.07) is 10.8. The highest BCUT2D eigenvalue weighted by molar-refractivity contribution is 7.71. The Hall–Kier alpha value is -2.78. The third-order valence-corrected chi connectivity index (χ3v) is 4.45. The van der Waals surface area contributed by atoms with E-state index in [1.165, 1.54) is 18.3 Å². The molecule has 3 rings (SSSR count). The molecule has 0 aliphatic heterocycles. The molecule has 0 saturated heterocycles. The third kappa shape index (κ3) is 4.20. The van der Waals surface area contributed by atoms with E-state index in [1.54, 1.807) is 28.8 Å². The fourth-order valence-electron chi connectivity index (χ4n) is 2.28. The number of benzene rings is 1. The first-order chi connectivity index (χ1) is 12.0. The SMILES string of the molecule is CC(=O)Nc1cccc(NC(=O)Cn2c(-c3cccs3)n[nH]c2=S)c1. The smallest absolute Gasteiger partial charge is 0.244 e. The van der Waals surface area contributed by atoms with Gasteiger partial charge in [-0.15, -0.1) is 11.3 Å². The topological polar surface area (TPSA) is 91.8 Å². The van der Waals surface area contributed by atoms with Crippen LogP contribution >= 0.6 is 23.6 Å². The number of carbonyl (C=O) groups is 2. The van der Waals surface area contributed by atoms with Gasteiger partial charge in [-0.3, -0.25) is 19.3 Å². The molecule has 2 amide bonds. The molecule has 0 bridgehead atoms. The van der Waals surface area contributed by atoms with Gasteiger partial charge in [-0.1, -0.05) is 12.1 Å². The van der Waals surface area contributed by atoms with E-state index in [1.807, 2.05) is 17.5 Å². The molecule has 2 heterocycles. The van der Waals surface area contributed by atoms with E-state index in [0.29, 0.717) is 22.0 Å². The van der Waals surface area contributed by atoms with Gasteiger partial charge in [0.1, 0.15) is 6.54 Å². The van der Waals surface area contributed by atoms with Crippen molar-refractivity contribution in [1.29, 1.82) is 0 Å². The average molecular weight is 373 g/mol. The van der Waals surface area contributed by atoms with Crippen molar-refractivity contribution in [3.63, 3.8) is 0 Å². The number of aromatic amines is 1. The minimum Gasteiger partial charge on any atom is -0.326 e. The standard InChI is InChI=1S/C16H15N5O2S2/c1-10(22)17-11-4-2-5-12(8-11)18-14(23)9-21-15(19-20-16(21)24)13-6-3-7-25-13/h2-8H,9H2,1H3,(H,17,22)(H,18,23)(H,20,24). The van der Waals surface area contributed by atoms with Gasteiger partial charge in [0.25, 0.3) is 0 Å². The maximum absolute atomic E-state index is 12.4. The maximum atomic E-state index is 12.4. The Labute approximate surface area is 152 Å². The first-order valence-corrected chi connectivity index (χ1v) is 8.68. The van der Waals surface area contributed by atoms with Gasteiger partial charge in [-0.25, -0.2) is 0 Å². The van der Waals surface area contributed by atoms with Crippen LogP contribution in [0.3, 0.4) is 0 Å². The summed E-state index contributed by atoms with van der Waals surface area (Å²) in [6.07, 6.45) is 0. The maximum Gasteiger partial charge on any atom is 0.244 e. The largest absolute Gasteiger partial charge is 0.326 e. The molecule has 0 aliphatic rings. The lowest BCUT2D eigenvalue weighted by molar-refractivity contribution is -0.117. The summed E-state index contributed by atoms with van der Waals surface area (Å²) in [7, 11) is 0. The number of nitrogens with one attached hydrogen (secondary N) is 3. The van der Waals surface area contributed by atoms with Crippen LogP contribution in [0.1, 0.15) is 6.92 Å². The fourth-order valence-corrected chi connectivity index (χ4v) is 3.20. The van der Waals surface area contributed by atoms with Crippen molar-refractivity contribution in [2.45, 2.75) is 13.5 Å². The highest BCUT2D eigenvalue weighted by atomic mass is 32.1. The van der Waals surface area contributed by atoms with Crippen molar-refractivity contribution >= 4 is 46.7 Å². The van der Waals surface area contributed by atoms with E-state index in [2.05, 4.69) is 20.8 Å². The Morgan fingerprint density at radius 1 is 1.24 bits per heavy atom. The molecule has 0 aliphatic carbocycles. The summed E-state index contributed by atoms with van der Waals surface area (Å²) in [5, 5.41) is 14.3. The molecule has 3 aromatic rings. The summed E-state index contributed by atoms with van der Waals surface area (Å²) in [4.78, 5) is 24.4. The van der Waals surface area contributed by atoms with Crippen LogP contribution in [0.5, 0.6) is 0 Å². The fraction of sp³-hybridized carbons (Fsp3) is 0.125. The normalized spacial score (nSPS) is 10.4. The zero-order valence-electron chi connectivity index (χ0n) is 13.3. The molecule has 1 aromatic carbocycles. The summed E-state index contributed by atoms with van der Waals surface area (Å²) in [5.41, 5.74) is 1.20. The lowest BCUT2D eigenvalue weighted by Crippen LogP contribution is -2.19. The first kappa shape index (κ1) is 17.1. The molecule has 3 N–H and O–H groups in total. The molecule has 9 heteroatoms. The van der Waals surface area contributed by atoms with E-state index >= 15 is 0 Å². The second-order valence-corrected chi connectivity index (χ2v) is 6.56. The quantitative estimate of drug-likeness (QED) is 0.599. The van der Waals surface area contributed by atoms with Crippen LogP contribution in [0.4, 0.5) is 11.4 Å². The van der Waals surface area contributed by atoms with Crippen molar-refractivity contribution < 1.29 is 9.59 Å². The van der Waals surface area contributed by atoms with Crippen molar-refractivity contribution in [2.24, 2.45) is 0 Å². The van der Waals surface area contributed by atoms with Crippen LogP contribution in [0.15, 0.2) is 41.8 Å². The van der Waals surface area contributed by atoms with Gasteiger partial charge >= 0.3 is 0 Å². The Bertz CT molecular complexity index is 959. The van der Waals surface area contributed by atoms with Crippen LogP contribution in [0.25, 0.3) is 10.7 Å². The van der Waals surface area contributed by atoms with Crippen LogP contribution in [-0.4, -0.2) is 26.6 Å². The number of rotatable bonds is 5. The summed E-state index contributed by atoms with van der Waals surface area (Å²) >= 11 is 6.74. The second kappa shape index (κ2) is 7.41. The zero-order valence-corrected chi connectivity index (χ0v) is 14.9. The zero-order chi connectivity index (χ0) is 17.8. The number of nitrogens with zero attached hydrogens (tertiary/aromatic N) is 2. The second-order valence-electron chi connectivity index (χ2n) is 5.23. The van der Waals surface area contributed by atoms with E-state index in [4.69, 9.17) is 12.2 Å². The summed E-state index contributed by atoms with van der Waals surface area (Å²) < 4.78 is 2.03. The molecule has 0 unspecified atom stereocenters. The van der Waals surface area contributed by atoms with Gasteiger partial charge in [-0.2, -0.15) is 5.10 Å². The molecule has 2 aromatic heterocycles. The first-order valence-electron chi connectivity index (χ1n) is 7.39. The van der Waals surface area contributed by atoms with Gasteiger partial charge in [-0.05, 0) is 41.9 Å². The number of H-pyrrole nitrogens is 1. The molecule has 0 fully saturated rings. The minimum absolute atomic E-state index is 0.0347. The van der Waals surface area contributed by atoms with E-state index < -0.39 is 0 Å². The van der Waals surface area contributed by atoms with Crippen molar-refractivity contribution in [3.05, 3.63) is 46.5 Å². The van der Waals surface area contributed by atoms with Gasteiger partial charge in [0.05, 0.1) is 4.88 Å². The van der Waals surface area contributed by atoms with E-state index in [0.717, 1.165) is 4.88 Å². The van der Waals surface area contributed by atoms with Crippen molar-refractivity contribution in [1.82, 2.24) is 14.8 Å². The molecular weight excluding hydrogens is 358 g/mol. The Morgan fingerprint density at radius 3 is 2.68 bits per heavy atom. The lowest BCUT2D eigenvalue weighted by atomic mass is 10.2. The monoisotopic (exact) mass is 373 g/mol. The van der Waals surface area contributed by atoms with Gasteiger partial charge in [0.2, 0.25) is 11.8 Å². The van der Waals surface area contributed by atoms with Crippen LogP contribution in [0, 0.1) is 4.77 Å². The molecule has 128 valence electrons. The molecular formula is C16H15N5O2S2. The summed E-state index contributed by atoms with van der Waals surface area (Å²) in [5.74, 6) is 0.214. The predicted octanol–water partition coefficient (Wildman–Crippen LogP) is 3.27. The van der Waals surface area contributed by atoms with Crippen molar-refractivity contribution in [2.75, 3.05) is 10.6 Å². The van der Waals surface area contributed by atoms with Gasteiger partial charge in [0, 0.05) is 18.3 Å². The number of thiophene rings is 1. The van der Waals surface area contributed by atoms with E-state index in [9.17, 15) is 9.59 Å². The highest BCUT2D eigenvalue weighted by Crippen LogP contribution is 2.23. The highest BCUT2D eigenvalue weighted by Gasteiger charge is 2.13. The van der Waals surface area contributed by atoms with Gasteiger partial charge < -0.3 is 10.6 Å². The van der Waals surface area contributed by atoms with Gasteiger partial charge in [0.15, 0.2) is 10.6 Å². The molecule has 25 heavy (non-hydrogen) atoms. The van der Waals surface area contributed by atoms with Crippen LogP contribution in [0.2, 0.25) is 0 Å². The predicted molar refractivity (Wildman–Crippen MR) is 100 cm³/mol. The molecule has 0 atom stereocenters. The number of hydrogen-bond donors (Lipinski definition) is 3. The number of aromatic nitrogens is 3. The number of anilines is 2. The average Bonchev–Trinajstić information content (AvgIpc) is 3.18. The Morgan fingerprint density at radius 2 is 2.00 bits per heavy atom. The number of carbonyl (C=O) groups excluding carboxylic acids is 2. The molecule has 0 saturated carbocycles. The molecule has 7 nitrogen and oxygen atoms in total. The number of amides is 2. The van der Waals surface area contributed by atoms with Crippen LogP contribution < -0.4 is 10.6 Å². The van der Waals surface area contributed by atoms with Crippen molar-refractivity contribution in [3.8, 4) is 10.7 Å². The summed E-state index contributed by atoms with van der Waals surface area (Å²) in [6.45, 7) is 1.46. The number of hydrogen-bond acceptors (Lipinski definition) is 5. The third-order valence-electron chi connectivity index (χ3n) is 3.27. The molecule has 0 spiro atoms. The Balaban J connectivity index is 1.75. The minimum atomic E-state index is -0.240. The lowest BCUT2D eigenvalue weighted by Gasteiger charge is -2.09. The van der Waals surface area contributed by atoms with Crippen LogP contribution in [-0.2, 0) is 16.1 Å². The van der Waals surface area contributed by atoms with E-state index in [-0.39, 0.29) is 18.4 Å². The Kier molecular flexibility index (Phi) is 5.05. The molecule has 0 radical (unpaired) electrons.